The highest BCUT2D eigenvalue weighted by Crippen LogP contribution is 2.22. The van der Waals surface area contributed by atoms with Crippen LogP contribution in [0.5, 0.6) is 0 Å². The van der Waals surface area contributed by atoms with E-state index in [0.717, 1.165) is 19.3 Å². The van der Waals surface area contributed by atoms with Gasteiger partial charge in [0.25, 0.3) is 0 Å². The molecule has 2 atom stereocenters. The van der Waals surface area contributed by atoms with Crippen molar-refractivity contribution >= 4 is 0 Å². The number of rotatable bonds is 2. The molecule has 1 saturated carbocycles. The molecule has 0 aliphatic heterocycles. The molecule has 1 aliphatic carbocycles. The largest absolute Gasteiger partial charge is 0.328 e. The van der Waals surface area contributed by atoms with E-state index in [4.69, 9.17) is 5.73 Å². The Morgan fingerprint density at radius 1 is 1.50 bits per heavy atom. The Kier molecular flexibility index (Phi) is 2.81. The van der Waals surface area contributed by atoms with Crippen molar-refractivity contribution in [3.05, 3.63) is 4.91 Å². The first-order valence-corrected chi connectivity index (χ1v) is 3.87. The standard InChI is InChI=1S/C7H14N2O/c8-7-3-1-2-6(4-7)5-9-10/h6-7H,1-5,8H2. The van der Waals surface area contributed by atoms with Crippen LogP contribution in [0.25, 0.3) is 0 Å². The minimum atomic E-state index is 0.320. The lowest BCUT2D eigenvalue weighted by Gasteiger charge is -2.24. The molecule has 0 amide bonds. The van der Waals surface area contributed by atoms with E-state index in [1.165, 1.54) is 6.42 Å². The summed E-state index contributed by atoms with van der Waals surface area (Å²) in [6.45, 7) is 0.466. The molecule has 1 fully saturated rings. The summed E-state index contributed by atoms with van der Waals surface area (Å²) < 4.78 is 0. The summed E-state index contributed by atoms with van der Waals surface area (Å²) in [6.07, 6.45) is 4.42. The summed E-state index contributed by atoms with van der Waals surface area (Å²) >= 11 is 0. The average molecular weight is 142 g/mol. The fourth-order valence-corrected chi connectivity index (χ4v) is 1.60. The molecular formula is C7H14N2O. The van der Waals surface area contributed by atoms with Crippen molar-refractivity contribution in [1.82, 2.24) is 0 Å². The van der Waals surface area contributed by atoms with Gasteiger partial charge in [-0.3, -0.25) is 0 Å². The summed E-state index contributed by atoms with van der Waals surface area (Å²) in [5, 5.41) is 2.89. The lowest BCUT2D eigenvalue weighted by atomic mass is 9.86. The molecular weight excluding hydrogens is 128 g/mol. The first-order chi connectivity index (χ1) is 4.83. The van der Waals surface area contributed by atoms with E-state index in [-0.39, 0.29) is 0 Å². The van der Waals surface area contributed by atoms with E-state index in [0.29, 0.717) is 18.5 Å². The predicted molar refractivity (Wildman–Crippen MR) is 40.6 cm³/mol. The molecule has 2 N–H and O–H groups in total. The molecule has 0 aromatic heterocycles. The van der Waals surface area contributed by atoms with Crippen molar-refractivity contribution in [1.29, 1.82) is 0 Å². The Morgan fingerprint density at radius 3 is 2.90 bits per heavy atom. The minimum Gasteiger partial charge on any atom is -0.328 e. The molecule has 0 heterocycles. The molecule has 0 aromatic carbocycles. The smallest absolute Gasteiger partial charge is 0.0839 e. The van der Waals surface area contributed by atoms with Crippen LogP contribution in [-0.2, 0) is 0 Å². The van der Waals surface area contributed by atoms with Gasteiger partial charge in [0.2, 0.25) is 0 Å². The Bertz CT molecular complexity index is 116. The molecule has 0 aromatic rings. The van der Waals surface area contributed by atoms with Crippen molar-refractivity contribution < 1.29 is 0 Å². The zero-order valence-electron chi connectivity index (χ0n) is 6.12. The van der Waals surface area contributed by atoms with E-state index in [1.807, 2.05) is 0 Å². The van der Waals surface area contributed by atoms with Crippen molar-refractivity contribution in [3.63, 3.8) is 0 Å². The van der Waals surface area contributed by atoms with Crippen LogP contribution in [0.15, 0.2) is 5.18 Å². The average Bonchev–Trinajstić information content (AvgIpc) is 1.88. The van der Waals surface area contributed by atoms with Gasteiger partial charge in [-0.2, -0.15) is 4.91 Å². The molecule has 0 bridgehead atoms. The molecule has 58 valence electrons. The SMILES string of the molecule is NC1CCCC(CN=O)C1. The number of nitroso groups, excluding NO2 is 1. The molecule has 10 heavy (non-hydrogen) atoms. The fourth-order valence-electron chi connectivity index (χ4n) is 1.60. The summed E-state index contributed by atoms with van der Waals surface area (Å²) in [6, 6.07) is 0.320. The van der Waals surface area contributed by atoms with Crippen LogP contribution < -0.4 is 5.73 Å². The van der Waals surface area contributed by atoms with Crippen LogP contribution in [0.2, 0.25) is 0 Å². The first-order valence-electron chi connectivity index (χ1n) is 3.87. The predicted octanol–water partition coefficient (Wildman–Crippen LogP) is 1.27. The fraction of sp³-hybridized carbons (Fsp3) is 1.00. The van der Waals surface area contributed by atoms with Crippen molar-refractivity contribution in [3.8, 4) is 0 Å². The maximum Gasteiger partial charge on any atom is 0.0839 e. The maximum atomic E-state index is 9.89. The van der Waals surface area contributed by atoms with Crippen LogP contribution in [0, 0.1) is 10.8 Å². The van der Waals surface area contributed by atoms with E-state index >= 15 is 0 Å². The molecule has 3 nitrogen and oxygen atoms in total. The van der Waals surface area contributed by atoms with Gasteiger partial charge in [-0.15, -0.1) is 0 Å². The minimum absolute atomic E-state index is 0.320. The van der Waals surface area contributed by atoms with Gasteiger partial charge in [0.05, 0.1) is 6.54 Å². The zero-order valence-corrected chi connectivity index (χ0v) is 6.12. The highest BCUT2D eigenvalue weighted by molar-refractivity contribution is 4.75. The van der Waals surface area contributed by atoms with E-state index in [1.54, 1.807) is 0 Å². The van der Waals surface area contributed by atoms with Crippen molar-refractivity contribution in [2.24, 2.45) is 16.8 Å². The topological polar surface area (TPSA) is 55.4 Å². The highest BCUT2D eigenvalue weighted by Gasteiger charge is 2.18. The molecule has 0 spiro atoms. The lowest BCUT2D eigenvalue weighted by molar-refractivity contribution is 0.329. The highest BCUT2D eigenvalue weighted by atomic mass is 16.3. The normalized spacial score (nSPS) is 33.7. The third-order valence-electron chi connectivity index (χ3n) is 2.16. The second kappa shape index (κ2) is 3.66. The molecule has 1 rings (SSSR count). The van der Waals surface area contributed by atoms with Gasteiger partial charge in [-0.05, 0) is 25.2 Å². The number of hydrogen-bond acceptors (Lipinski definition) is 3. The van der Waals surface area contributed by atoms with Crippen molar-refractivity contribution in [2.75, 3.05) is 6.54 Å². The van der Waals surface area contributed by atoms with E-state index < -0.39 is 0 Å². The van der Waals surface area contributed by atoms with E-state index in [2.05, 4.69) is 5.18 Å². The van der Waals surface area contributed by atoms with Gasteiger partial charge in [0.15, 0.2) is 0 Å². The second-order valence-corrected chi connectivity index (χ2v) is 3.10. The second-order valence-electron chi connectivity index (χ2n) is 3.10. The number of hydrogen-bond donors (Lipinski definition) is 1. The Morgan fingerprint density at radius 2 is 2.30 bits per heavy atom. The Labute approximate surface area is 61.0 Å². The zero-order chi connectivity index (χ0) is 7.40. The van der Waals surface area contributed by atoms with E-state index in [9.17, 15) is 4.91 Å². The van der Waals surface area contributed by atoms with Gasteiger partial charge in [0.1, 0.15) is 0 Å². The Hall–Kier alpha value is -0.440. The van der Waals surface area contributed by atoms with Gasteiger partial charge < -0.3 is 5.73 Å². The van der Waals surface area contributed by atoms with Gasteiger partial charge >= 0.3 is 0 Å². The molecule has 0 radical (unpaired) electrons. The quantitative estimate of drug-likeness (QED) is 0.590. The number of nitrogens with zero attached hydrogens (tertiary/aromatic N) is 1. The van der Waals surface area contributed by atoms with Crippen LogP contribution in [0.1, 0.15) is 25.7 Å². The van der Waals surface area contributed by atoms with Crippen LogP contribution in [0.3, 0.4) is 0 Å². The summed E-state index contributed by atoms with van der Waals surface area (Å²) in [4.78, 5) is 9.89. The summed E-state index contributed by atoms with van der Waals surface area (Å²) in [5.74, 6) is 0.473. The summed E-state index contributed by atoms with van der Waals surface area (Å²) in [7, 11) is 0. The van der Waals surface area contributed by atoms with Crippen LogP contribution in [-0.4, -0.2) is 12.6 Å². The molecule has 2 unspecified atom stereocenters. The molecule has 0 saturated heterocycles. The first kappa shape index (κ1) is 7.66. The van der Waals surface area contributed by atoms with Crippen LogP contribution in [0.4, 0.5) is 0 Å². The van der Waals surface area contributed by atoms with Gasteiger partial charge in [0, 0.05) is 6.04 Å². The maximum absolute atomic E-state index is 9.89. The van der Waals surface area contributed by atoms with Crippen LogP contribution >= 0.6 is 0 Å². The van der Waals surface area contributed by atoms with Gasteiger partial charge in [-0.1, -0.05) is 11.6 Å². The van der Waals surface area contributed by atoms with Crippen molar-refractivity contribution in [2.45, 2.75) is 31.7 Å². The number of nitrogens with two attached hydrogens (primary N) is 1. The Balaban J connectivity index is 2.24. The van der Waals surface area contributed by atoms with Gasteiger partial charge in [-0.25, -0.2) is 0 Å². The molecule has 1 aliphatic rings. The summed E-state index contributed by atoms with van der Waals surface area (Å²) in [5.41, 5.74) is 5.71. The lowest BCUT2D eigenvalue weighted by Crippen LogP contribution is -2.28. The third-order valence-corrected chi connectivity index (χ3v) is 2.16. The monoisotopic (exact) mass is 142 g/mol. The molecule has 3 heteroatoms. The third kappa shape index (κ3) is 2.06.